The summed E-state index contributed by atoms with van der Waals surface area (Å²) in [4.78, 5) is 17.9. The Kier molecular flexibility index (Phi) is 7.81. The minimum Gasteiger partial charge on any atom is -0.382 e. The number of ether oxygens (including phenoxy) is 1. The van der Waals surface area contributed by atoms with Crippen LogP contribution in [0.5, 0.6) is 0 Å². The van der Waals surface area contributed by atoms with Gasteiger partial charge in [0.15, 0.2) is 17.4 Å². The average molecular weight is 361 g/mol. The van der Waals surface area contributed by atoms with Crippen LogP contribution >= 0.6 is 0 Å². The van der Waals surface area contributed by atoms with Crippen LogP contribution < -0.4 is 10.6 Å². The van der Waals surface area contributed by atoms with Crippen molar-refractivity contribution in [3.8, 4) is 0 Å². The third-order valence-electron chi connectivity index (χ3n) is 3.63. The molecule has 2 N–H and O–H groups in total. The van der Waals surface area contributed by atoms with E-state index in [4.69, 9.17) is 4.74 Å². The topological polar surface area (TPSA) is 96.1 Å². The van der Waals surface area contributed by atoms with Crippen LogP contribution in [0.4, 0.5) is 0 Å². The second kappa shape index (κ2) is 10.3. The molecule has 2 aromatic rings. The van der Waals surface area contributed by atoms with Crippen molar-refractivity contribution in [1.82, 2.24) is 30.1 Å². The van der Waals surface area contributed by atoms with E-state index >= 15 is 0 Å². The van der Waals surface area contributed by atoms with Crippen molar-refractivity contribution in [2.45, 2.75) is 19.9 Å². The molecule has 0 aromatic carbocycles. The lowest BCUT2D eigenvalue weighted by atomic mass is 10.4. The fourth-order valence-corrected chi connectivity index (χ4v) is 2.17. The normalized spacial score (nSPS) is 11.6. The van der Waals surface area contributed by atoms with Crippen LogP contribution in [-0.2, 0) is 16.1 Å². The number of rotatable bonds is 9. The van der Waals surface area contributed by atoms with Gasteiger partial charge in [-0.15, -0.1) is 10.2 Å². The van der Waals surface area contributed by atoms with E-state index in [1.807, 2.05) is 35.7 Å². The third-order valence-corrected chi connectivity index (χ3v) is 3.63. The predicted octanol–water partition coefficient (Wildman–Crippen LogP) is 0.279. The molecule has 0 spiro atoms. The molecule has 2 heterocycles. The van der Waals surface area contributed by atoms with Gasteiger partial charge in [0.2, 0.25) is 5.91 Å². The molecule has 0 unspecified atom stereocenters. The fourth-order valence-electron chi connectivity index (χ4n) is 2.17. The number of carbonyl (C=O) groups is 1. The Morgan fingerprint density at radius 3 is 2.92 bits per heavy atom. The maximum Gasteiger partial charge on any atom is 0.241 e. The summed E-state index contributed by atoms with van der Waals surface area (Å²) in [6.07, 6.45) is 2.75. The Balaban J connectivity index is 1.98. The number of guanidine groups is 1. The van der Waals surface area contributed by atoms with E-state index in [-0.39, 0.29) is 12.5 Å². The van der Waals surface area contributed by atoms with E-state index in [2.05, 4.69) is 25.8 Å². The molecule has 0 radical (unpaired) electrons. The molecule has 0 saturated carbocycles. The van der Waals surface area contributed by atoms with Crippen molar-refractivity contribution >= 4 is 17.5 Å². The minimum atomic E-state index is -0.0262. The molecule has 26 heavy (non-hydrogen) atoms. The molecule has 0 aliphatic carbocycles. The van der Waals surface area contributed by atoms with Gasteiger partial charge in [-0.3, -0.25) is 9.20 Å². The number of amides is 1. The van der Waals surface area contributed by atoms with Crippen molar-refractivity contribution in [2.75, 3.05) is 40.4 Å². The highest BCUT2D eigenvalue weighted by Gasteiger charge is 2.07. The van der Waals surface area contributed by atoms with Crippen LogP contribution in [0, 0.1) is 0 Å². The quantitative estimate of drug-likeness (QED) is 0.378. The molecular formula is C17H27N7O2. The summed E-state index contributed by atoms with van der Waals surface area (Å²) in [6, 6.07) is 5.72. The average Bonchev–Trinajstić information content (AvgIpc) is 3.06. The number of carbonyl (C=O) groups excluding carboxylic acids is 1. The molecule has 0 atom stereocenters. The molecule has 142 valence electrons. The molecule has 0 saturated heterocycles. The molecule has 2 aromatic heterocycles. The number of likely N-dealkylation sites (N-methyl/N-ethyl adjacent to an activating group) is 1. The van der Waals surface area contributed by atoms with Gasteiger partial charge in [0.25, 0.3) is 0 Å². The lowest BCUT2D eigenvalue weighted by molar-refractivity contribution is -0.127. The number of hydrogen-bond acceptors (Lipinski definition) is 5. The molecule has 9 heteroatoms. The smallest absolute Gasteiger partial charge is 0.241 e. The Labute approximate surface area is 153 Å². The standard InChI is InChI=1S/C17H27N7O2/c1-4-26-11-7-9-18-17(20-13-16(25)23(2)3)19-12-15-22-21-14-8-5-6-10-24(14)15/h5-6,8,10H,4,7,9,11-13H2,1-3H3,(H2,18,19,20). The molecular weight excluding hydrogens is 334 g/mol. The highest BCUT2D eigenvalue weighted by atomic mass is 16.5. The van der Waals surface area contributed by atoms with Crippen LogP contribution in [0.25, 0.3) is 5.65 Å². The van der Waals surface area contributed by atoms with Crippen LogP contribution in [0.2, 0.25) is 0 Å². The molecule has 1 amide bonds. The summed E-state index contributed by atoms with van der Waals surface area (Å²) < 4.78 is 7.22. The molecule has 9 nitrogen and oxygen atoms in total. The number of aromatic nitrogens is 3. The molecule has 0 aliphatic rings. The van der Waals surface area contributed by atoms with E-state index in [0.29, 0.717) is 32.3 Å². The van der Waals surface area contributed by atoms with Crippen LogP contribution in [-0.4, -0.2) is 71.8 Å². The maximum atomic E-state index is 11.8. The van der Waals surface area contributed by atoms with Gasteiger partial charge in [0.1, 0.15) is 6.54 Å². The number of fused-ring (bicyclic) bond motifs is 1. The highest BCUT2D eigenvalue weighted by Crippen LogP contribution is 2.03. The SMILES string of the molecule is CCOCCCNC(=NCc1nnc2ccccn12)NCC(=O)N(C)C. The summed E-state index contributed by atoms with van der Waals surface area (Å²) in [5.74, 6) is 1.26. The second-order valence-electron chi connectivity index (χ2n) is 5.83. The Morgan fingerprint density at radius 2 is 2.15 bits per heavy atom. The lowest BCUT2D eigenvalue weighted by Crippen LogP contribution is -2.43. The minimum absolute atomic E-state index is 0.0262. The third kappa shape index (κ3) is 5.99. The first kappa shape index (κ1) is 19.6. The first-order valence-electron chi connectivity index (χ1n) is 8.70. The van der Waals surface area contributed by atoms with Gasteiger partial charge in [-0.1, -0.05) is 6.07 Å². The summed E-state index contributed by atoms with van der Waals surface area (Å²) >= 11 is 0. The van der Waals surface area contributed by atoms with Gasteiger partial charge in [-0.2, -0.15) is 0 Å². The van der Waals surface area contributed by atoms with Gasteiger partial charge < -0.3 is 20.3 Å². The van der Waals surface area contributed by atoms with Gasteiger partial charge in [0.05, 0.1) is 6.54 Å². The predicted molar refractivity (Wildman–Crippen MR) is 99.9 cm³/mol. The van der Waals surface area contributed by atoms with Crippen molar-refractivity contribution < 1.29 is 9.53 Å². The van der Waals surface area contributed by atoms with E-state index in [1.54, 1.807) is 14.1 Å². The van der Waals surface area contributed by atoms with Crippen LogP contribution in [0.3, 0.4) is 0 Å². The van der Waals surface area contributed by atoms with E-state index in [1.165, 1.54) is 4.90 Å². The van der Waals surface area contributed by atoms with Gasteiger partial charge in [-0.25, -0.2) is 4.99 Å². The Hall–Kier alpha value is -2.68. The van der Waals surface area contributed by atoms with Gasteiger partial charge >= 0.3 is 0 Å². The lowest BCUT2D eigenvalue weighted by Gasteiger charge is -2.14. The molecule has 0 fully saturated rings. The van der Waals surface area contributed by atoms with Gasteiger partial charge in [-0.05, 0) is 25.5 Å². The number of hydrogen-bond donors (Lipinski definition) is 2. The number of nitrogens with zero attached hydrogens (tertiary/aromatic N) is 5. The van der Waals surface area contributed by atoms with Crippen LogP contribution in [0.15, 0.2) is 29.4 Å². The zero-order valence-corrected chi connectivity index (χ0v) is 15.6. The fraction of sp³-hybridized carbons (Fsp3) is 0.529. The summed E-state index contributed by atoms with van der Waals surface area (Å²) in [5.41, 5.74) is 0.777. The Bertz CT molecular complexity index is 727. The second-order valence-corrected chi connectivity index (χ2v) is 5.83. The monoisotopic (exact) mass is 361 g/mol. The molecule has 0 aliphatic heterocycles. The first-order chi connectivity index (χ1) is 12.6. The largest absolute Gasteiger partial charge is 0.382 e. The van der Waals surface area contributed by atoms with Crippen molar-refractivity contribution in [1.29, 1.82) is 0 Å². The molecule has 2 rings (SSSR count). The van der Waals surface area contributed by atoms with Crippen LogP contribution in [0.1, 0.15) is 19.2 Å². The maximum absolute atomic E-state index is 11.8. The zero-order valence-electron chi connectivity index (χ0n) is 15.6. The Morgan fingerprint density at radius 1 is 1.31 bits per heavy atom. The molecule has 0 bridgehead atoms. The van der Waals surface area contributed by atoms with Crippen molar-refractivity contribution in [3.05, 3.63) is 30.2 Å². The van der Waals surface area contributed by atoms with E-state index in [0.717, 1.165) is 17.9 Å². The summed E-state index contributed by atoms with van der Waals surface area (Å²) in [7, 11) is 3.44. The van der Waals surface area contributed by atoms with Crippen molar-refractivity contribution in [2.24, 2.45) is 4.99 Å². The highest BCUT2D eigenvalue weighted by molar-refractivity contribution is 5.86. The van der Waals surface area contributed by atoms with Crippen molar-refractivity contribution in [3.63, 3.8) is 0 Å². The van der Waals surface area contributed by atoms with E-state index in [9.17, 15) is 4.79 Å². The van der Waals surface area contributed by atoms with Gasteiger partial charge in [0, 0.05) is 40.1 Å². The number of aliphatic imine (C=N–C) groups is 1. The number of pyridine rings is 1. The number of nitrogens with one attached hydrogen (secondary N) is 2. The zero-order chi connectivity index (χ0) is 18.8. The van der Waals surface area contributed by atoms with E-state index < -0.39 is 0 Å². The summed E-state index contributed by atoms with van der Waals surface area (Å²) in [6.45, 7) is 4.58. The first-order valence-corrected chi connectivity index (χ1v) is 8.70. The summed E-state index contributed by atoms with van der Waals surface area (Å²) in [5, 5.41) is 14.5.